The molecule has 0 spiro atoms. The molecular formula is C9H12ClNO3S. The summed E-state index contributed by atoms with van der Waals surface area (Å²) in [6, 6.07) is 0. The highest BCUT2D eigenvalue weighted by Crippen LogP contribution is 2.29. The van der Waals surface area contributed by atoms with Gasteiger partial charge in [-0.2, -0.15) is 4.98 Å². The fourth-order valence-corrected chi connectivity index (χ4v) is 1.94. The van der Waals surface area contributed by atoms with Gasteiger partial charge in [-0.05, 0) is 6.42 Å². The van der Waals surface area contributed by atoms with Crippen molar-refractivity contribution in [1.29, 1.82) is 0 Å². The van der Waals surface area contributed by atoms with Crippen LogP contribution in [0.3, 0.4) is 0 Å². The van der Waals surface area contributed by atoms with Crippen molar-refractivity contribution < 1.29 is 14.3 Å². The van der Waals surface area contributed by atoms with Gasteiger partial charge in [-0.1, -0.05) is 36.3 Å². The van der Waals surface area contributed by atoms with Crippen LogP contribution >= 0.6 is 22.9 Å². The Hall–Kier alpha value is -0.810. The van der Waals surface area contributed by atoms with Crippen molar-refractivity contribution in [3.05, 3.63) is 10.0 Å². The molecule has 84 valence electrons. The van der Waals surface area contributed by atoms with E-state index in [0.717, 1.165) is 24.2 Å². The Morgan fingerprint density at radius 2 is 2.33 bits per heavy atom. The first-order valence-electron chi connectivity index (χ1n) is 4.56. The van der Waals surface area contributed by atoms with Crippen LogP contribution in [0.4, 0.5) is 0 Å². The highest BCUT2D eigenvalue weighted by molar-refractivity contribution is 7.15. The number of carbonyl (C=O) groups is 1. The van der Waals surface area contributed by atoms with Crippen LogP contribution in [-0.2, 0) is 4.74 Å². The van der Waals surface area contributed by atoms with Crippen LogP contribution in [0.1, 0.15) is 29.4 Å². The number of ether oxygens (including phenoxy) is 2. The standard InChI is InChI=1S/C9H12ClNO3S/c1-3-4-5-14-9-11-7(10)6(15-9)8(12)13-2/h3-5H2,1-2H3. The summed E-state index contributed by atoms with van der Waals surface area (Å²) in [5.74, 6) is -0.483. The van der Waals surface area contributed by atoms with E-state index in [9.17, 15) is 4.79 Å². The van der Waals surface area contributed by atoms with Gasteiger partial charge in [0.05, 0.1) is 13.7 Å². The Morgan fingerprint density at radius 1 is 1.60 bits per heavy atom. The zero-order chi connectivity index (χ0) is 11.3. The number of nitrogens with zero attached hydrogens (tertiary/aromatic N) is 1. The first kappa shape index (κ1) is 12.3. The summed E-state index contributed by atoms with van der Waals surface area (Å²) in [5, 5.41) is 0.548. The Balaban J connectivity index is 2.64. The first-order chi connectivity index (χ1) is 7.19. The molecule has 0 aliphatic heterocycles. The van der Waals surface area contributed by atoms with Gasteiger partial charge >= 0.3 is 5.97 Å². The zero-order valence-corrected chi connectivity index (χ0v) is 10.2. The van der Waals surface area contributed by atoms with Crippen molar-refractivity contribution in [2.24, 2.45) is 0 Å². The van der Waals surface area contributed by atoms with Crippen LogP contribution in [0.15, 0.2) is 0 Å². The maximum Gasteiger partial charge on any atom is 0.351 e. The average molecular weight is 250 g/mol. The maximum absolute atomic E-state index is 11.2. The van der Waals surface area contributed by atoms with E-state index in [1.165, 1.54) is 7.11 Å². The third-order valence-corrected chi connectivity index (χ3v) is 2.99. The number of halogens is 1. The molecule has 0 saturated carbocycles. The monoisotopic (exact) mass is 249 g/mol. The fraction of sp³-hybridized carbons (Fsp3) is 0.556. The van der Waals surface area contributed by atoms with Gasteiger partial charge in [0.15, 0.2) is 10.0 Å². The largest absolute Gasteiger partial charge is 0.470 e. The van der Waals surface area contributed by atoms with Crippen molar-refractivity contribution in [2.45, 2.75) is 19.8 Å². The van der Waals surface area contributed by atoms with Gasteiger partial charge < -0.3 is 9.47 Å². The maximum atomic E-state index is 11.2. The number of hydrogen-bond donors (Lipinski definition) is 0. The molecule has 1 aromatic rings. The van der Waals surface area contributed by atoms with Gasteiger partial charge in [-0.15, -0.1) is 0 Å². The van der Waals surface area contributed by atoms with E-state index in [2.05, 4.69) is 16.6 Å². The molecular weight excluding hydrogens is 238 g/mol. The number of rotatable bonds is 5. The molecule has 0 aliphatic carbocycles. The topological polar surface area (TPSA) is 48.4 Å². The summed E-state index contributed by atoms with van der Waals surface area (Å²) >= 11 is 6.85. The quantitative estimate of drug-likeness (QED) is 0.595. The van der Waals surface area contributed by atoms with Gasteiger partial charge in [0, 0.05) is 0 Å². The molecule has 1 rings (SSSR count). The fourth-order valence-electron chi connectivity index (χ4n) is 0.867. The lowest BCUT2D eigenvalue weighted by Crippen LogP contribution is -1.98. The zero-order valence-electron chi connectivity index (χ0n) is 8.58. The van der Waals surface area contributed by atoms with E-state index in [-0.39, 0.29) is 10.0 Å². The molecule has 1 heterocycles. The molecule has 0 N–H and O–H groups in total. The van der Waals surface area contributed by atoms with E-state index in [1.807, 2.05) is 0 Å². The number of methoxy groups -OCH3 is 1. The molecule has 0 atom stereocenters. The van der Waals surface area contributed by atoms with Crippen LogP contribution in [0.25, 0.3) is 0 Å². The van der Waals surface area contributed by atoms with E-state index in [0.29, 0.717) is 11.8 Å². The van der Waals surface area contributed by atoms with Gasteiger partial charge in [0.1, 0.15) is 0 Å². The highest BCUT2D eigenvalue weighted by Gasteiger charge is 2.17. The molecule has 0 unspecified atom stereocenters. The molecule has 0 bridgehead atoms. The van der Waals surface area contributed by atoms with Gasteiger partial charge in [-0.25, -0.2) is 4.79 Å². The summed E-state index contributed by atoms with van der Waals surface area (Å²) in [6.45, 7) is 2.65. The number of unbranched alkanes of at least 4 members (excludes halogenated alkanes) is 1. The third kappa shape index (κ3) is 3.35. The summed E-state index contributed by atoms with van der Waals surface area (Å²) in [6.07, 6.45) is 1.99. The van der Waals surface area contributed by atoms with Crippen LogP contribution in [0, 0.1) is 0 Å². The minimum atomic E-state index is -0.483. The van der Waals surface area contributed by atoms with Crippen molar-refractivity contribution in [1.82, 2.24) is 4.98 Å². The van der Waals surface area contributed by atoms with Gasteiger partial charge in [0.25, 0.3) is 5.19 Å². The predicted molar refractivity (Wildman–Crippen MR) is 58.9 cm³/mol. The van der Waals surface area contributed by atoms with E-state index < -0.39 is 5.97 Å². The van der Waals surface area contributed by atoms with Crippen molar-refractivity contribution in [3.63, 3.8) is 0 Å². The second kappa shape index (κ2) is 5.92. The second-order valence-corrected chi connectivity index (χ2v) is 4.11. The van der Waals surface area contributed by atoms with Gasteiger partial charge in [-0.3, -0.25) is 0 Å². The Kier molecular flexibility index (Phi) is 4.84. The summed E-state index contributed by atoms with van der Waals surface area (Å²) in [4.78, 5) is 15.4. The first-order valence-corrected chi connectivity index (χ1v) is 5.76. The summed E-state index contributed by atoms with van der Waals surface area (Å²) < 4.78 is 9.87. The molecule has 1 aromatic heterocycles. The number of carbonyl (C=O) groups excluding carboxylic acids is 1. The molecule has 0 radical (unpaired) electrons. The van der Waals surface area contributed by atoms with Crippen molar-refractivity contribution in [2.75, 3.05) is 13.7 Å². The molecule has 6 heteroatoms. The van der Waals surface area contributed by atoms with Crippen LogP contribution < -0.4 is 4.74 Å². The predicted octanol–water partition coefficient (Wildman–Crippen LogP) is 2.76. The Morgan fingerprint density at radius 3 is 2.93 bits per heavy atom. The molecule has 0 fully saturated rings. The lowest BCUT2D eigenvalue weighted by molar-refractivity contribution is 0.0606. The van der Waals surface area contributed by atoms with Crippen LogP contribution in [0.2, 0.25) is 5.15 Å². The Bertz CT molecular complexity index is 340. The van der Waals surface area contributed by atoms with Crippen molar-refractivity contribution >= 4 is 28.9 Å². The van der Waals surface area contributed by atoms with Crippen LogP contribution in [0.5, 0.6) is 5.19 Å². The lowest BCUT2D eigenvalue weighted by atomic mass is 10.4. The number of aromatic nitrogens is 1. The van der Waals surface area contributed by atoms with E-state index in [4.69, 9.17) is 16.3 Å². The summed E-state index contributed by atoms with van der Waals surface area (Å²) in [7, 11) is 1.30. The summed E-state index contributed by atoms with van der Waals surface area (Å²) in [5.41, 5.74) is 0. The molecule has 0 aromatic carbocycles. The van der Waals surface area contributed by atoms with Crippen molar-refractivity contribution in [3.8, 4) is 5.19 Å². The Labute approximate surface area is 97.2 Å². The number of hydrogen-bond acceptors (Lipinski definition) is 5. The molecule has 15 heavy (non-hydrogen) atoms. The SMILES string of the molecule is CCCCOc1nc(Cl)c(C(=O)OC)s1. The normalized spacial score (nSPS) is 10.1. The lowest BCUT2D eigenvalue weighted by Gasteiger charge is -1.98. The number of thiazole rings is 1. The number of esters is 1. The molecule has 0 aliphatic rings. The highest BCUT2D eigenvalue weighted by atomic mass is 35.5. The van der Waals surface area contributed by atoms with Crippen LogP contribution in [-0.4, -0.2) is 24.7 Å². The minimum Gasteiger partial charge on any atom is -0.470 e. The van der Waals surface area contributed by atoms with E-state index >= 15 is 0 Å². The van der Waals surface area contributed by atoms with E-state index in [1.54, 1.807) is 0 Å². The molecule has 4 nitrogen and oxygen atoms in total. The second-order valence-electron chi connectivity index (χ2n) is 2.79. The minimum absolute atomic E-state index is 0.137. The van der Waals surface area contributed by atoms with Gasteiger partial charge in [0.2, 0.25) is 0 Å². The smallest absolute Gasteiger partial charge is 0.351 e. The molecule has 0 amide bonds. The molecule has 0 saturated heterocycles. The average Bonchev–Trinajstić information content (AvgIpc) is 2.59. The third-order valence-electron chi connectivity index (χ3n) is 1.66.